The fourth-order valence-corrected chi connectivity index (χ4v) is 4.81. The molecule has 0 bridgehead atoms. The summed E-state index contributed by atoms with van der Waals surface area (Å²) in [4.78, 5) is 36.3. The van der Waals surface area contributed by atoms with Crippen molar-refractivity contribution in [3.05, 3.63) is 63.8 Å². The largest absolute Gasteiger partial charge is 0.338 e. The zero-order valence-corrected chi connectivity index (χ0v) is 16.5. The molecule has 2 aromatic rings. The van der Waals surface area contributed by atoms with Crippen LogP contribution in [0.3, 0.4) is 0 Å². The summed E-state index contributed by atoms with van der Waals surface area (Å²) in [5.41, 5.74) is 1.28. The summed E-state index contributed by atoms with van der Waals surface area (Å²) in [6.07, 6.45) is 5.85. The van der Waals surface area contributed by atoms with E-state index in [9.17, 15) is 9.59 Å². The minimum Gasteiger partial charge on any atom is -0.338 e. The number of likely N-dealkylation sites (tertiary alicyclic amines) is 2. The molecule has 1 atom stereocenters. The molecular formula is C22H28N4O2. The number of nitrogens with zero attached hydrogens (tertiary/aromatic N) is 3. The molecule has 1 aromatic carbocycles. The highest BCUT2D eigenvalue weighted by molar-refractivity contribution is 5.93. The highest BCUT2D eigenvalue weighted by atomic mass is 16.2. The number of H-pyrrole nitrogens is 1. The number of piperidine rings is 2. The van der Waals surface area contributed by atoms with Crippen molar-refractivity contribution in [3.63, 3.8) is 0 Å². The Hall–Kier alpha value is -2.47. The Morgan fingerprint density at radius 1 is 1.14 bits per heavy atom. The molecule has 1 amide bonds. The fourth-order valence-electron chi connectivity index (χ4n) is 4.81. The first-order valence-corrected chi connectivity index (χ1v) is 10.2. The molecule has 4 rings (SSSR count). The van der Waals surface area contributed by atoms with Crippen LogP contribution in [0.5, 0.6) is 0 Å². The SMILES string of the molecule is Cc1ncc(C(=O)N2CCC[C@@]3(CCCN(Cc4ccccc4)C3)C2)c(=O)[nH]1. The topological polar surface area (TPSA) is 69.3 Å². The number of benzene rings is 1. The van der Waals surface area contributed by atoms with Crippen LogP contribution in [0.25, 0.3) is 0 Å². The Kier molecular flexibility index (Phi) is 5.31. The summed E-state index contributed by atoms with van der Waals surface area (Å²) in [6.45, 7) is 6.23. The molecule has 2 fully saturated rings. The van der Waals surface area contributed by atoms with Gasteiger partial charge >= 0.3 is 0 Å². The maximum absolute atomic E-state index is 13.0. The third kappa shape index (κ3) is 4.02. The van der Waals surface area contributed by atoms with Crippen molar-refractivity contribution in [2.75, 3.05) is 26.2 Å². The van der Waals surface area contributed by atoms with Gasteiger partial charge in [0, 0.05) is 37.8 Å². The second-order valence-corrected chi connectivity index (χ2v) is 8.34. The summed E-state index contributed by atoms with van der Waals surface area (Å²) in [7, 11) is 0. The highest BCUT2D eigenvalue weighted by Gasteiger charge is 2.40. The van der Waals surface area contributed by atoms with Crippen LogP contribution >= 0.6 is 0 Å². The van der Waals surface area contributed by atoms with E-state index in [-0.39, 0.29) is 22.4 Å². The lowest BCUT2D eigenvalue weighted by molar-refractivity contribution is 0.0112. The molecule has 1 spiro atoms. The number of aromatic amines is 1. The normalized spacial score (nSPS) is 23.1. The average molecular weight is 380 g/mol. The van der Waals surface area contributed by atoms with Gasteiger partial charge in [0.15, 0.2) is 0 Å². The van der Waals surface area contributed by atoms with Crippen molar-refractivity contribution >= 4 is 5.91 Å². The predicted molar refractivity (Wildman–Crippen MR) is 108 cm³/mol. The van der Waals surface area contributed by atoms with Gasteiger partial charge in [0.05, 0.1) is 0 Å². The molecule has 6 heteroatoms. The van der Waals surface area contributed by atoms with Gasteiger partial charge in [-0.1, -0.05) is 30.3 Å². The first kappa shape index (κ1) is 18.9. The summed E-state index contributed by atoms with van der Waals surface area (Å²) >= 11 is 0. The third-order valence-corrected chi connectivity index (χ3v) is 6.09. The molecule has 2 saturated heterocycles. The number of hydrogen-bond acceptors (Lipinski definition) is 4. The number of amides is 1. The van der Waals surface area contributed by atoms with Crippen molar-refractivity contribution in [3.8, 4) is 0 Å². The number of carbonyl (C=O) groups excluding carboxylic acids is 1. The van der Waals surface area contributed by atoms with Crippen LogP contribution in [-0.2, 0) is 6.54 Å². The molecule has 0 radical (unpaired) electrons. The van der Waals surface area contributed by atoms with Crippen molar-refractivity contribution in [2.45, 2.75) is 39.2 Å². The lowest BCUT2D eigenvalue weighted by Gasteiger charge is -2.48. The summed E-state index contributed by atoms with van der Waals surface area (Å²) in [5, 5.41) is 0. The van der Waals surface area contributed by atoms with E-state index < -0.39 is 0 Å². The van der Waals surface area contributed by atoms with Crippen molar-refractivity contribution < 1.29 is 4.79 Å². The smallest absolute Gasteiger partial charge is 0.263 e. The number of rotatable bonds is 3. The number of nitrogens with one attached hydrogen (secondary N) is 1. The molecule has 2 aliphatic heterocycles. The standard InChI is InChI=1S/C22H28N4O2/c1-17-23-13-19(20(27)24-17)21(28)26-12-6-10-22(16-26)9-5-11-25(15-22)14-18-7-3-2-4-8-18/h2-4,7-8,13H,5-6,9-12,14-16H2,1H3,(H,23,24,27)/t22-/m1/s1. The number of carbonyl (C=O) groups is 1. The molecule has 3 heterocycles. The molecule has 1 N–H and O–H groups in total. The van der Waals surface area contributed by atoms with Crippen LogP contribution in [0.4, 0.5) is 0 Å². The Labute approximate surface area is 165 Å². The molecular weight excluding hydrogens is 352 g/mol. The first-order chi connectivity index (χ1) is 13.5. The molecule has 0 aliphatic carbocycles. The van der Waals surface area contributed by atoms with Gasteiger partial charge in [0.1, 0.15) is 11.4 Å². The van der Waals surface area contributed by atoms with Crippen LogP contribution in [0, 0.1) is 12.3 Å². The summed E-state index contributed by atoms with van der Waals surface area (Å²) in [6, 6.07) is 10.6. The van der Waals surface area contributed by atoms with Crippen LogP contribution in [0.15, 0.2) is 41.3 Å². The predicted octanol–water partition coefficient (Wildman–Crippen LogP) is 2.60. The molecule has 2 aliphatic rings. The summed E-state index contributed by atoms with van der Waals surface area (Å²) < 4.78 is 0. The van der Waals surface area contributed by atoms with Gasteiger partial charge < -0.3 is 9.88 Å². The molecule has 1 aromatic heterocycles. The number of aryl methyl sites for hydroxylation is 1. The second kappa shape index (κ2) is 7.87. The van der Waals surface area contributed by atoms with Crippen LogP contribution in [0.2, 0.25) is 0 Å². The number of aromatic nitrogens is 2. The van der Waals surface area contributed by atoms with Gasteiger partial charge in [-0.05, 0) is 44.7 Å². The quantitative estimate of drug-likeness (QED) is 0.889. The maximum atomic E-state index is 13.0. The molecule has 148 valence electrons. The Balaban J connectivity index is 1.47. The van der Waals surface area contributed by atoms with Gasteiger partial charge in [-0.2, -0.15) is 0 Å². The molecule has 6 nitrogen and oxygen atoms in total. The van der Waals surface area contributed by atoms with E-state index in [4.69, 9.17) is 0 Å². The van der Waals surface area contributed by atoms with Crippen LogP contribution in [-0.4, -0.2) is 51.9 Å². The molecule has 0 unspecified atom stereocenters. The lowest BCUT2D eigenvalue weighted by Crippen LogP contribution is -2.53. The van der Waals surface area contributed by atoms with E-state index in [1.165, 1.54) is 11.8 Å². The van der Waals surface area contributed by atoms with Crippen LogP contribution in [0.1, 0.15) is 47.4 Å². The molecule has 0 saturated carbocycles. The Morgan fingerprint density at radius 2 is 1.89 bits per heavy atom. The second-order valence-electron chi connectivity index (χ2n) is 8.34. The van der Waals surface area contributed by atoms with E-state index in [0.717, 1.165) is 51.9 Å². The zero-order chi connectivity index (χ0) is 19.6. The van der Waals surface area contributed by atoms with E-state index in [1.54, 1.807) is 6.92 Å². The van der Waals surface area contributed by atoms with Crippen LogP contribution < -0.4 is 5.56 Å². The minimum absolute atomic E-state index is 0.131. The zero-order valence-electron chi connectivity index (χ0n) is 16.5. The maximum Gasteiger partial charge on any atom is 0.263 e. The summed E-state index contributed by atoms with van der Waals surface area (Å²) in [5.74, 6) is 0.341. The number of hydrogen-bond donors (Lipinski definition) is 1. The van der Waals surface area contributed by atoms with Crippen molar-refractivity contribution in [1.82, 2.24) is 19.8 Å². The van der Waals surface area contributed by atoms with E-state index in [2.05, 4.69) is 39.1 Å². The van der Waals surface area contributed by atoms with E-state index in [1.807, 2.05) is 11.0 Å². The fraction of sp³-hybridized carbons (Fsp3) is 0.500. The van der Waals surface area contributed by atoms with E-state index in [0.29, 0.717) is 12.4 Å². The first-order valence-electron chi connectivity index (χ1n) is 10.2. The highest BCUT2D eigenvalue weighted by Crippen LogP contribution is 2.39. The van der Waals surface area contributed by atoms with Crippen molar-refractivity contribution in [1.29, 1.82) is 0 Å². The van der Waals surface area contributed by atoms with Crippen molar-refractivity contribution in [2.24, 2.45) is 5.41 Å². The van der Waals surface area contributed by atoms with Gasteiger partial charge in [-0.3, -0.25) is 14.5 Å². The third-order valence-electron chi connectivity index (χ3n) is 6.09. The Morgan fingerprint density at radius 3 is 2.64 bits per heavy atom. The minimum atomic E-state index is -0.341. The van der Waals surface area contributed by atoms with Gasteiger partial charge in [0.2, 0.25) is 0 Å². The van der Waals surface area contributed by atoms with Gasteiger partial charge in [-0.15, -0.1) is 0 Å². The lowest BCUT2D eigenvalue weighted by atomic mass is 9.73. The average Bonchev–Trinajstić information content (AvgIpc) is 2.68. The van der Waals surface area contributed by atoms with Gasteiger partial charge in [-0.25, -0.2) is 4.98 Å². The molecule has 28 heavy (non-hydrogen) atoms. The van der Waals surface area contributed by atoms with E-state index >= 15 is 0 Å². The monoisotopic (exact) mass is 380 g/mol. The Bertz CT molecular complexity index is 891. The van der Waals surface area contributed by atoms with Gasteiger partial charge in [0.25, 0.3) is 11.5 Å².